The maximum absolute atomic E-state index is 12.1. The molecule has 2 aliphatic heterocycles. The number of fused-ring (bicyclic) bond motifs is 1. The number of amides is 2. The first kappa shape index (κ1) is 13.9. The molecule has 2 N–H and O–H groups in total. The Bertz CT molecular complexity index is 372. The van der Waals surface area contributed by atoms with Gasteiger partial charge in [-0.2, -0.15) is 0 Å². The Morgan fingerprint density at radius 2 is 2.21 bits per heavy atom. The van der Waals surface area contributed by atoms with Crippen molar-refractivity contribution in [1.29, 1.82) is 0 Å². The maximum Gasteiger partial charge on any atom is 0.323 e. The van der Waals surface area contributed by atoms with Crippen molar-refractivity contribution in [2.75, 3.05) is 26.2 Å². The highest BCUT2D eigenvalue weighted by Crippen LogP contribution is 2.27. The molecule has 2 atom stereocenters. The molecule has 2 heterocycles. The molecule has 2 unspecified atom stereocenters. The van der Waals surface area contributed by atoms with Gasteiger partial charge in [0.1, 0.15) is 6.54 Å². The van der Waals surface area contributed by atoms with Crippen molar-refractivity contribution in [3.05, 3.63) is 12.7 Å². The Morgan fingerprint density at radius 1 is 1.42 bits per heavy atom. The minimum absolute atomic E-state index is 0.149. The van der Waals surface area contributed by atoms with E-state index in [0.717, 1.165) is 25.9 Å². The second-order valence-electron chi connectivity index (χ2n) is 5.15. The van der Waals surface area contributed by atoms with Crippen LogP contribution in [0.4, 0.5) is 4.79 Å². The summed E-state index contributed by atoms with van der Waals surface area (Å²) < 4.78 is 0. The van der Waals surface area contributed by atoms with Crippen LogP contribution in [0.25, 0.3) is 0 Å². The van der Waals surface area contributed by atoms with Crippen LogP contribution in [0.2, 0.25) is 0 Å². The number of nitrogens with one attached hydrogen (secondary N) is 1. The van der Waals surface area contributed by atoms with Gasteiger partial charge in [0.05, 0.1) is 0 Å². The number of carbonyl (C=O) groups is 2. The number of nitrogens with zero attached hydrogens (tertiary/aromatic N) is 2. The van der Waals surface area contributed by atoms with Crippen LogP contribution in [0.15, 0.2) is 12.7 Å². The summed E-state index contributed by atoms with van der Waals surface area (Å²) in [5.74, 6) is -1.01. The SMILES string of the molecule is C=CCN(CC(=O)O)C(=O)NC1CCN2CCCC12. The van der Waals surface area contributed by atoms with E-state index in [1.807, 2.05) is 0 Å². The molecule has 0 radical (unpaired) electrons. The van der Waals surface area contributed by atoms with Crippen LogP contribution in [0.1, 0.15) is 19.3 Å². The monoisotopic (exact) mass is 267 g/mol. The first-order chi connectivity index (χ1) is 9.11. The Kier molecular flexibility index (Phi) is 4.42. The van der Waals surface area contributed by atoms with Gasteiger partial charge in [-0.05, 0) is 25.8 Å². The molecule has 2 rings (SSSR count). The van der Waals surface area contributed by atoms with E-state index in [2.05, 4.69) is 16.8 Å². The van der Waals surface area contributed by atoms with Crippen molar-refractivity contribution in [2.24, 2.45) is 0 Å². The molecule has 19 heavy (non-hydrogen) atoms. The third-order valence-corrected chi connectivity index (χ3v) is 3.88. The van der Waals surface area contributed by atoms with E-state index in [1.54, 1.807) is 6.08 Å². The number of rotatable bonds is 5. The van der Waals surface area contributed by atoms with Crippen molar-refractivity contribution in [3.8, 4) is 0 Å². The Labute approximate surface area is 113 Å². The smallest absolute Gasteiger partial charge is 0.323 e. The van der Waals surface area contributed by atoms with Crippen molar-refractivity contribution in [2.45, 2.75) is 31.3 Å². The quantitative estimate of drug-likeness (QED) is 0.712. The molecule has 0 aromatic carbocycles. The fraction of sp³-hybridized carbons (Fsp3) is 0.692. The number of urea groups is 1. The minimum atomic E-state index is -1.01. The van der Waals surface area contributed by atoms with Gasteiger partial charge in [-0.1, -0.05) is 6.08 Å². The molecule has 2 saturated heterocycles. The highest BCUT2D eigenvalue weighted by atomic mass is 16.4. The van der Waals surface area contributed by atoms with Gasteiger partial charge in [0.15, 0.2) is 0 Å². The summed E-state index contributed by atoms with van der Waals surface area (Å²) in [6.45, 7) is 5.65. The standard InChI is InChI=1S/C13H21N3O3/c1-2-6-16(9-12(17)18)13(19)14-10-5-8-15-7-3-4-11(10)15/h2,10-11H,1,3-9H2,(H,14,19)(H,17,18). The zero-order valence-corrected chi connectivity index (χ0v) is 11.0. The normalized spacial score (nSPS) is 25.9. The lowest BCUT2D eigenvalue weighted by Gasteiger charge is -2.25. The highest BCUT2D eigenvalue weighted by molar-refractivity contribution is 5.80. The van der Waals surface area contributed by atoms with Gasteiger partial charge in [-0.25, -0.2) is 4.79 Å². The first-order valence-corrected chi connectivity index (χ1v) is 6.74. The van der Waals surface area contributed by atoms with E-state index in [-0.39, 0.29) is 25.2 Å². The summed E-state index contributed by atoms with van der Waals surface area (Å²) >= 11 is 0. The van der Waals surface area contributed by atoms with Gasteiger partial charge >= 0.3 is 12.0 Å². The number of hydrogen-bond acceptors (Lipinski definition) is 3. The first-order valence-electron chi connectivity index (χ1n) is 6.74. The lowest BCUT2D eigenvalue weighted by atomic mass is 10.1. The largest absolute Gasteiger partial charge is 0.480 e. The highest BCUT2D eigenvalue weighted by Gasteiger charge is 2.38. The van der Waals surface area contributed by atoms with E-state index in [4.69, 9.17) is 5.11 Å². The summed E-state index contributed by atoms with van der Waals surface area (Å²) in [6.07, 6.45) is 4.79. The van der Waals surface area contributed by atoms with Crippen LogP contribution in [0, 0.1) is 0 Å². The molecule has 0 aliphatic carbocycles. The van der Waals surface area contributed by atoms with Crippen molar-refractivity contribution < 1.29 is 14.7 Å². The van der Waals surface area contributed by atoms with Gasteiger partial charge in [0.25, 0.3) is 0 Å². The van der Waals surface area contributed by atoms with E-state index >= 15 is 0 Å². The molecule has 106 valence electrons. The van der Waals surface area contributed by atoms with Crippen LogP contribution < -0.4 is 5.32 Å². The summed E-state index contributed by atoms with van der Waals surface area (Å²) in [6, 6.07) is 0.275. The molecule has 0 saturated carbocycles. The van der Waals surface area contributed by atoms with Gasteiger partial charge < -0.3 is 15.3 Å². The summed E-state index contributed by atoms with van der Waals surface area (Å²) in [5.41, 5.74) is 0. The zero-order chi connectivity index (χ0) is 13.8. The van der Waals surface area contributed by atoms with Crippen LogP contribution in [0.3, 0.4) is 0 Å². The number of carboxylic acid groups (broad SMARTS) is 1. The second kappa shape index (κ2) is 6.06. The van der Waals surface area contributed by atoms with Gasteiger partial charge in [-0.15, -0.1) is 6.58 Å². The predicted octanol–water partition coefficient (Wildman–Crippen LogP) is 0.505. The van der Waals surface area contributed by atoms with Gasteiger partial charge in [0, 0.05) is 25.2 Å². The fourth-order valence-corrected chi connectivity index (χ4v) is 3.04. The third kappa shape index (κ3) is 3.26. The molecule has 2 fully saturated rings. The molecule has 0 spiro atoms. The maximum atomic E-state index is 12.1. The summed E-state index contributed by atoms with van der Waals surface area (Å²) in [5, 5.41) is 11.8. The molecule has 6 heteroatoms. The third-order valence-electron chi connectivity index (χ3n) is 3.88. The molecular formula is C13H21N3O3. The lowest BCUT2D eigenvalue weighted by molar-refractivity contribution is -0.137. The van der Waals surface area contributed by atoms with E-state index in [9.17, 15) is 9.59 Å². The Hall–Kier alpha value is -1.56. The lowest BCUT2D eigenvalue weighted by Crippen LogP contribution is -2.49. The topological polar surface area (TPSA) is 72.9 Å². The van der Waals surface area contributed by atoms with Crippen LogP contribution in [-0.2, 0) is 4.79 Å². The molecule has 0 aromatic heterocycles. The number of carboxylic acids is 1. The van der Waals surface area contributed by atoms with Crippen molar-refractivity contribution in [1.82, 2.24) is 15.1 Å². The number of carbonyl (C=O) groups excluding carboxylic acids is 1. The number of hydrogen-bond donors (Lipinski definition) is 2. The van der Waals surface area contributed by atoms with Crippen LogP contribution in [0.5, 0.6) is 0 Å². The molecule has 0 bridgehead atoms. The molecule has 0 aromatic rings. The molecular weight excluding hydrogens is 246 g/mol. The molecule has 6 nitrogen and oxygen atoms in total. The second-order valence-corrected chi connectivity index (χ2v) is 5.15. The number of aliphatic carboxylic acids is 1. The van der Waals surface area contributed by atoms with Gasteiger partial charge in [-0.3, -0.25) is 9.69 Å². The van der Waals surface area contributed by atoms with Gasteiger partial charge in [0.2, 0.25) is 0 Å². The van der Waals surface area contributed by atoms with E-state index in [1.165, 1.54) is 11.3 Å². The van der Waals surface area contributed by atoms with Crippen molar-refractivity contribution >= 4 is 12.0 Å². The summed E-state index contributed by atoms with van der Waals surface area (Å²) in [7, 11) is 0. The minimum Gasteiger partial charge on any atom is -0.480 e. The van der Waals surface area contributed by atoms with Crippen LogP contribution >= 0.6 is 0 Å². The Morgan fingerprint density at radius 3 is 2.89 bits per heavy atom. The summed E-state index contributed by atoms with van der Waals surface area (Å²) in [4.78, 5) is 26.5. The Balaban J connectivity index is 1.91. The van der Waals surface area contributed by atoms with Crippen LogP contribution in [-0.4, -0.2) is 65.2 Å². The molecule has 2 amide bonds. The van der Waals surface area contributed by atoms with E-state index < -0.39 is 5.97 Å². The average molecular weight is 267 g/mol. The fourth-order valence-electron chi connectivity index (χ4n) is 3.04. The van der Waals surface area contributed by atoms with E-state index in [0.29, 0.717) is 6.04 Å². The average Bonchev–Trinajstić information content (AvgIpc) is 2.93. The van der Waals surface area contributed by atoms with Crippen molar-refractivity contribution in [3.63, 3.8) is 0 Å². The molecule has 2 aliphatic rings. The predicted molar refractivity (Wildman–Crippen MR) is 70.9 cm³/mol. The zero-order valence-electron chi connectivity index (χ0n) is 11.0.